The van der Waals surface area contributed by atoms with Crippen molar-refractivity contribution in [3.8, 4) is 0 Å². The summed E-state index contributed by atoms with van der Waals surface area (Å²) in [4.78, 5) is 16.2. The van der Waals surface area contributed by atoms with Crippen LogP contribution in [0.25, 0.3) is 0 Å². The molecule has 0 amide bonds. The molecular weight excluding hydrogens is 403 g/mol. The molecule has 1 unspecified atom stereocenters. The number of hydrogen-bond acceptors (Lipinski definition) is 2. The molecule has 1 atom stereocenters. The lowest BCUT2D eigenvalue weighted by atomic mass is 10.1. The average Bonchev–Trinajstić information content (AvgIpc) is 2.48. The van der Waals surface area contributed by atoms with E-state index < -0.39 is 0 Å². The van der Waals surface area contributed by atoms with Crippen LogP contribution in [0.4, 0.5) is 0 Å². The van der Waals surface area contributed by atoms with Crippen LogP contribution < -0.4 is 16.2 Å². The van der Waals surface area contributed by atoms with Gasteiger partial charge in [0.2, 0.25) is 5.56 Å². The summed E-state index contributed by atoms with van der Waals surface area (Å²) >= 11 is 0. The number of nitrogens with one attached hydrogen (secondary N) is 2. The molecule has 0 aliphatic heterocycles. The summed E-state index contributed by atoms with van der Waals surface area (Å²) in [6, 6.07) is 5.65. The maximum Gasteiger partial charge on any atom is 0.250 e. The minimum Gasteiger partial charge on any atom is -0.357 e. The summed E-state index contributed by atoms with van der Waals surface area (Å²) in [5.41, 5.74) is 0.0618. The lowest BCUT2D eigenvalue weighted by molar-refractivity contribution is 0.480. The molecule has 6 heteroatoms. The highest BCUT2D eigenvalue weighted by Gasteiger charge is 2.08. The van der Waals surface area contributed by atoms with Crippen LogP contribution in [0.2, 0.25) is 0 Å². The number of unbranched alkanes of at least 4 members (excludes halogenated alkanes) is 1. The van der Waals surface area contributed by atoms with E-state index in [0.717, 1.165) is 38.4 Å². The molecule has 2 N–H and O–H groups in total. The molecule has 0 aromatic carbocycles. The van der Waals surface area contributed by atoms with Gasteiger partial charge in [0.1, 0.15) is 0 Å². The Balaban J connectivity index is 0.00000484. The number of aromatic nitrogens is 1. The Morgan fingerprint density at radius 3 is 2.61 bits per heavy atom. The fourth-order valence-corrected chi connectivity index (χ4v) is 1.93. The van der Waals surface area contributed by atoms with Gasteiger partial charge in [-0.1, -0.05) is 19.9 Å². The zero-order valence-corrected chi connectivity index (χ0v) is 17.0. The topological polar surface area (TPSA) is 58.4 Å². The van der Waals surface area contributed by atoms with Crippen molar-refractivity contribution in [2.45, 2.75) is 53.1 Å². The molecule has 0 fully saturated rings. The molecule has 1 aromatic rings. The van der Waals surface area contributed by atoms with Gasteiger partial charge in [0.05, 0.1) is 0 Å². The first-order valence-corrected chi connectivity index (χ1v) is 8.25. The Hall–Kier alpha value is -1.05. The number of rotatable bonds is 8. The second-order valence-electron chi connectivity index (χ2n) is 5.88. The third-order valence-corrected chi connectivity index (χ3v) is 3.68. The van der Waals surface area contributed by atoms with Crippen molar-refractivity contribution in [3.63, 3.8) is 0 Å². The zero-order chi connectivity index (χ0) is 16.4. The van der Waals surface area contributed by atoms with Gasteiger partial charge in [-0.25, -0.2) is 0 Å². The Morgan fingerprint density at radius 2 is 2.00 bits per heavy atom. The summed E-state index contributed by atoms with van der Waals surface area (Å²) in [5, 5.41) is 6.69. The molecule has 5 nitrogen and oxygen atoms in total. The van der Waals surface area contributed by atoms with Crippen LogP contribution in [0.5, 0.6) is 0 Å². The molecule has 1 heterocycles. The van der Waals surface area contributed by atoms with E-state index in [1.165, 1.54) is 0 Å². The molecule has 23 heavy (non-hydrogen) atoms. The fourth-order valence-electron chi connectivity index (χ4n) is 1.93. The van der Waals surface area contributed by atoms with Crippen LogP contribution in [0.1, 0.15) is 40.5 Å². The van der Waals surface area contributed by atoms with Crippen LogP contribution in [0.3, 0.4) is 0 Å². The molecule has 0 bridgehead atoms. The highest BCUT2D eigenvalue weighted by atomic mass is 127. The van der Waals surface area contributed by atoms with Gasteiger partial charge >= 0.3 is 0 Å². The number of aliphatic imine (C=N–C) groups is 1. The second kappa shape index (κ2) is 12.4. The van der Waals surface area contributed by atoms with E-state index in [1.807, 2.05) is 12.3 Å². The third-order valence-electron chi connectivity index (χ3n) is 3.68. The van der Waals surface area contributed by atoms with Gasteiger partial charge in [0.15, 0.2) is 5.96 Å². The Morgan fingerprint density at radius 1 is 1.26 bits per heavy atom. The van der Waals surface area contributed by atoms with Crippen LogP contribution in [0.15, 0.2) is 34.2 Å². The molecule has 132 valence electrons. The van der Waals surface area contributed by atoms with Gasteiger partial charge in [-0.3, -0.25) is 9.79 Å². The summed E-state index contributed by atoms with van der Waals surface area (Å²) in [6.45, 7) is 11.0. The van der Waals surface area contributed by atoms with E-state index in [2.05, 4.69) is 43.3 Å². The Kier molecular flexibility index (Phi) is 11.8. The van der Waals surface area contributed by atoms with Gasteiger partial charge in [-0.2, -0.15) is 0 Å². The number of aryl methyl sites for hydroxylation is 1. The maximum atomic E-state index is 11.6. The van der Waals surface area contributed by atoms with E-state index in [4.69, 9.17) is 0 Å². The van der Waals surface area contributed by atoms with Crippen LogP contribution in [-0.2, 0) is 6.54 Å². The quantitative estimate of drug-likeness (QED) is 0.286. The van der Waals surface area contributed by atoms with Gasteiger partial charge in [-0.15, -0.1) is 24.0 Å². The second-order valence-corrected chi connectivity index (χ2v) is 5.88. The number of hydrogen-bond donors (Lipinski definition) is 2. The van der Waals surface area contributed by atoms with Gasteiger partial charge in [0, 0.05) is 37.9 Å². The SMILES string of the molecule is CCNC(=NCCCCn1ccccc1=O)NC(C)C(C)C.I. The minimum absolute atomic E-state index is 0. The predicted octanol–water partition coefficient (Wildman–Crippen LogP) is 2.85. The van der Waals surface area contributed by atoms with E-state index in [1.54, 1.807) is 16.7 Å². The number of halogens is 1. The molecule has 0 radical (unpaired) electrons. The molecule has 0 spiro atoms. The van der Waals surface area contributed by atoms with Crippen molar-refractivity contribution >= 4 is 29.9 Å². The fraction of sp³-hybridized carbons (Fsp3) is 0.647. The van der Waals surface area contributed by atoms with E-state index in [-0.39, 0.29) is 29.5 Å². The average molecular weight is 434 g/mol. The smallest absolute Gasteiger partial charge is 0.250 e. The molecule has 0 saturated carbocycles. The summed E-state index contributed by atoms with van der Waals surface area (Å²) in [6.07, 6.45) is 3.75. The van der Waals surface area contributed by atoms with Gasteiger partial charge in [0.25, 0.3) is 0 Å². The summed E-state index contributed by atoms with van der Waals surface area (Å²) in [7, 11) is 0. The lowest BCUT2D eigenvalue weighted by Crippen LogP contribution is -2.44. The van der Waals surface area contributed by atoms with Crippen LogP contribution in [-0.4, -0.2) is 29.7 Å². The standard InChI is InChI=1S/C17H30N4O.HI/c1-5-18-17(20-15(4)14(2)3)19-11-7-9-13-21-12-8-6-10-16(21)22;/h6,8,10,12,14-15H,5,7,9,11,13H2,1-4H3,(H2,18,19,20);1H. The lowest BCUT2D eigenvalue weighted by Gasteiger charge is -2.20. The number of nitrogens with zero attached hydrogens (tertiary/aromatic N) is 2. The summed E-state index contributed by atoms with van der Waals surface area (Å²) in [5.74, 6) is 1.44. The Bertz CT molecular complexity index is 513. The molecule has 1 aromatic heterocycles. The van der Waals surface area contributed by atoms with Gasteiger partial charge in [-0.05, 0) is 38.7 Å². The van der Waals surface area contributed by atoms with Crippen molar-refractivity contribution in [1.82, 2.24) is 15.2 Å². The van der Waals surface area contributed by atoms with E-state index >= 15 is 0 Å². The highest BCUT2D eigenvalue weighted by molar-refractivity contribution is 14.0. The largest absolute Gasteiger partial charge is 0.357 e. The van der Waals surface area contributed by atoms with Crippen LogP contribution in [0, 0.1) is 5.92 Å². The van der Waals surface area contributed by atoms with Crippen LogP contribution >= 0.6 is 24.0 Å². The van der Waals surface area contributed by atoms with Crippen molar-refractivity contribution < 1.29 is 0 Å². The molecular formula is C17H31IN4O. The Labute approximate surface area is 157 Å². The maximum absolute atomic E-state index is 11.6. The predicted molar refractivity (Wildman–Crippen MR) is 109 cm³/mol. The third kappa shape index (κ3) is 8.98. The first-order valence-electron chi connectivity index (χ1n) is 8.25. The molecule has 1 rings (SSSR count). The normalized spacial score (nSPS) is 12.7. The van der Waals surface area contributed by atoms with E-state index in [9.17, 15) is 4.79 Å². The monoisotopic (exact) mass is 434 g/mol. The van der Waals surface area contributed by atoms with E-state index in [0.29, 0.717) is 12.0 Å². The zero-order valence-electron chi connectivity index (χ0n) is 14.7. The summed E-state index contributed by atoms with van der Waals surface area (Å²) < 4.78 is 1.74. The molecule has 0 saturated heterocycles. The highest BCUT2D eigenvalue weighted by Crippen LogP contribution is 1.99. The first kappa shape index (κ1) is 21.9. The minimum atomic E-state index is 0. The van der Waals surface area contributed by atoms with Crippen molar-refractivity contribution in [2.24, 2.45) is 10.9 Å². The van der Waals surface area contributed by atoms with Crippen molar-refractivity contribution in [3.05, 3.63) is 34.7 Å². The van der Waals surface area contributed by atoms with Crippen molar-refractivity contribution in [2.75, 3.05) is 13.1 Å². The number of pyridine rings is 1. The van der Waals surface area contributed by atoms with Gasteiger partial charge < -0.3 is 15.2 Å². The number of guanidine groups is 1. The van der Waals surface area contributed by atoms with Crippen molar-refractivity contribution in [1.29, 1.82) is 0 Å². The molecule has 0 aliphatic rings. The molecule has 0 aliphatic carbocycles. The first-order chi connectivity index (χ1) is 10.5.